The van der Waals surface area contributed by atoms with Gasteiger partial charge < -0.3 is 9.47 Å². The average Bonchev–Trinajstić information content (AvgIpc) is 2.48. The fourth-order valence-electron chi connectivity index (χ4n) is 1.96. The Labute approximate surface area is 159 Å². The molecular formula is C15H12Br2ClIO2. The fraction of sp³-hybridized carbons (Fsp3) is 0.200. The number of alkyl halides is 1. The van der Waals surface area contributed by atoms with Gasteiger partial charge in [0.25, 0.3) is 0 Å². The zero-order valence-corrected chi connectivity index (χ0v) is 17.4. The normalized spacial score (nSPS) is 12.1. The predicted octanol–water partition coefficient (Wildman–Crippen LogP) is 6.16. The molecule has 2 rings (SSSR count). The molecule has 112 valence electrons. The lowest BCUT2D eigenvalue weighted by atomic mass is 10.0. The molecule has 0 aliphatic carbocycles. The van der Waals surface area contributed by atoms with Crippen molar-refractivity contribution in [2.24, 2.45) is 0 Å². The lowest BCUT2D eigenvalue weighted by Gasteiger charge is -2.18. The molecule has 21 heavy (non-hydrogen) atoms. The van der Waals surface area contributed by atoms with Crippen molar-refractivity contribution in [2.45, 2.75) is 5.38 Å². The Kier molecular flexibility index (Phi) is 6.23. The highest BCUT2D eigenvalue weighted by Crippen LogP contribution is 2.42. The van der Waals surface area contributed by atoms with Gasteiger partial charge in [0, 0.05) is 13.6 Å². The van der Waals surface area contributed by atoms with Crippen LogP contribution < -0.4 is 9.47 Å². The Morgan fingerprint density at radius 2 is 1.62 bits per heavy atom. The summed E-state index contributed by atoms with van der Waals surface area (Å²) >= 11 is 16.0. The maximum absolute atomic E-state index is 6.69. The summed E-state index contributed by atoms with van der Waals surface area (Å²) in [4.78, 5) is 0. The van der Waals surface area contributed by atoms with Crippen LogP contribution in [0.25, 0.3) is 0 Å². The van der Waals surface area contributed by atoms with Crippen LogP contribution in [0.1, 0.15) is 16.5 Å². The van der Waals surface area contributed by atoms with E-state index in [4.69, 9.17) is 21.1 Å². The van der Waals surface area contributed by atoms with Crippen molar-refractivity contribution in [3.63, 3.8) is 0 Å². The van der Waals surface area contributed by atoms with Crippen LogP contribution in [0.15, 0.2) is 39.3 Å². The Morgan fingerprint density at radius 3 is 2.24 bits per heavy atom. The molecule has 0 fully saturated rings. The Morgan fingerprint density at radius 1 is 0.952 bits per heavy atom. The van der Waals surface area contributed by atoms with Gasteiger partial charge in [-0.05, 0) is 74.4 Å². The summed E-state index contributed by atoms with van der Waals surface area (Å²) in [6.07, 6.45) is 0. The SMILES string of the molecule is COc1cc(C(Cl)c2cc(I)ccc2Br)c(OC)cc1Br. The summed E-state index contributed by atoms with van der Waals surface area (Å²) in [5.74, 6) is 1.44. The number of hydrogen-bond donors (Lipinski definition) is 0. The first-order valence-corrected chi connectivity index (χ1v) is 9.08. The molecule has 0 N–H and O–H groups in total. The summed E-state index contributed by atoms with van der Waals surface area (Å²) in [7, 11) is 3.26. The topological polar surface area (TPSA) is 18.5 Å². The summed E-state index contributed by atoms with van der Waals surface area (Å²) < 4.78 is 13.7. The van der Waals surface area contributed by atoms with E-state index in [1.54, 1.807) is 14.2 Å². The molecule has 0 aliphatic rings. The summed E-state index contributed by atoms with van der Waals surface area (Å²) in [6.45, 7) is 0. The van der Waals surface area contributed by atoms with Crippen molar-refractivity contribution in [2.75, 3.05) is 14.2 Å². The number of benzene rings is 2. The molecule has 2 aromatic carbocycles. The molecule has 2 aromatic rings. The van der Waals surface area contributed by atoms with E-state index in [-0.39, 0.29) is 5.38 Å². The minimum atomic E-state index is -0.342. The van der Waals surface area contributed by atoms with Gasteiger partial charge in [-0.3, -0.25) is 0 Å². The predicted molar refractivity (Wildman–Crippen MR) is 102 cm³/mol. The smallest absolute Gasteiger partial charge is 0.133 e. The van der Waals surface area contributed by atoms with Crippen LogP contribution in [-0.2, 0) is 0 Å². The minimum Gasteiger partial charge on any atom is -0.496 e. The Hall–Kier alpha value is 0.0200. The highest BCUT2D eigenvalue weighted by molar-refractivity contribution is 14.1. The first-order valence-electron chi connectivity index (χ1n) is 5.98. The Bertz CT molecular complexity index is 664. The second kappa shape index (κ2) is 7.53. The van der Waals surface area contributed by atoms with Gasteiger partial charge in [0.05, 0.1) is 24.1 Å². The van der Waals surface area contributed by atoms with E-state index < -0.39 is 0 Å². The van der Waals surface area contributed by atoms with Crippen molar-refractivity contribution in [3.8, 4) is 11.5 Å². The van der Waals surface area contributed by atoms with Crippen molar-refractivity contribution in [3.05, 3.63) is 54.0 Å². The van der Waals surface area contributed by atoms with Gasteiger partial charge in [-0.25, -0.2) is 0 Å². The van der Waals surface area contributed by atoms with E-state index in [1.165, 1.54) is 0 Å². The number of methoxy groups -OCH3 is 2. The lowest BCUT2D eigenvalue weighted by molar-refractivity contribution is 0.397. The van der Waals surface area contributed by atoms with E-state index in [1.807, 2.05) is 24.3 Å². The number of rotatable bonds is 4. The lowest BCUT2D eigenvalue weighted by Crippen LogP contribution is -2.00. The molecule has 0 aliphatic heterocycles. The van der Waals surface area contributed by atoms with Gasteiger partial charge in [-0.15, -0.1) is 11.6 Å². The average molecular weight is 546 g/mol. The number of hydrogen-bond acceptors (Lipinski definition) is 2. The number of ether oxygens (including phenoxy) is 2. The van der Waals surface area contributed by atoms with Crippen molar-refractivity contribution in [1.82, 2.24) is 0 Å². The van der Waals surface area contributed by atoms with Gasteiger partial charge in [0.15, 0.2) is 0 Å². The van der Waals surface area contributed by atoms with Crippen LogP contribution in [0.4, 0.5) is 0 Å². The van der Waals surface area contributed by atoms with Crippen LogP contribution in [0, 0.1) is 3.57 Å². The van der Waals surface area contributed by atoms with Gasteiger partial charge in [-0.2, -0.15) is 0 Å². The standard InChI is InChI=1S/C15H12Br2ClIO2/c1-20-13-7-12(17)14(21-2)6-10(13)15(18)9-5-8(19)3-4-11(9)16/h3-7,15H,1-2H3. The first kappa shape index (κ1) is 17.4. The second-order valence-corrected chi connectivity index (χ2v) is 7.65. The van der Waals surface area contributed by atoms with E-state index in [0.29, 0.717) is 5.75 Å². The van der Waals surface area contributed by atoms with Crippen molar-refractivity contribution >= 4 is 66.1 Å². The van der Waals surface area contributed by atoms with Gasteiger partial charge in [0.2, 0.25) is 0 Å². The maximum atomic E-state index is 6.69. The monoisotopic (exact) mass is 544 g/mol. The van der Waals surface area contributed by atoms with E-state index in [0.717, 1.165) is 29.4 Å². The summed E-state index contributed by atoms with van der Waals surface area (Å²) in [5, 5.41) is -0.342. The van der Waals surface area contributed by atoms with Crippen molar-refractivity contribution < 1.29 is 9.47 Å². The van der Waals surface area contributed by atoms with Crippen molar-refractivity contribution in [1.29, 1.82) is 0 Å². The third-order valence-electron chi connectivity index (χ3n) is 3.01. The quantitative estimate of drug-likeness (QED) is 0.338. The van der Waals surface area contributed by atoms with E-state index >= 15 is 0 Å². The second-order valence-electron chi connectivity index (χ2n) is 4.26. The third kappa shape index (κ3) is 3.86. The third-order valence-corrected chi connectivity index (χ3v) is 5.49. The van der Waals surface area contributed by atoms with Crippen LogP contribution >= 0.6 is 66.1 Å². The van der Waals surface area contributed by atoms with Crippen LogP contribution in [0.3, 0.4) is 0 Å². The van der Waals surface area contributed by atoms with Crippen LogP contribution in [-0.4, -0.2) is 14.2 Å². The van der Waals surface area contributed by atoms with E-state index in [9.17, 15) is 0 Å². The largest absolute Gasteiger partial charge is 0.496 e. The zero-order valence-electron chi connectivity index (χ0n) is 11.3. The molecule has 1 unspecified atom stereocenters. The minimum absolute atomic E-state index is 0.342. The molecule has 0 spiro atoms. The first-order chi connectivity index (χ1) is 9.97. The van der Waals surface area contributed by atoms with Gasteiger partial charge in [-0.1, -0.05) is 15.9 Å². The molecule has 1 atom stereocenters. The summed E-state index contributed by atoms with van der Waals surface area (Å²) in [5.41, 5.74) is 1.85. The van der Waals surface area contributed by atoms with Gasteiger partial charge in [0.1, 0.15) is 11.5 Å². The highest BCUT2D eigenvalue weighted by Gasteiger charge is 2.20. The highest BCUT2D eigenvalue weighted by atomic mass is 127. The number of halogens is 4. The molecule has 6 heteroatoms. The maximum Gasteiger partial charge on any atom is 0.133 e. The van der Waals surface area contributed by atoms with Crippen LogP contribution in [0.5, 0.6) is 11.5 Å². The van der Waals surface area contributed by atoms with Gasteiger partial charge >= 0.3 is 0 Å². The molecule has 0 saturated heterocycles. The molecule has 0 radical (unpaired) electrons. The molecular weight excluding hydrogens is 534 g/mol. The molecule has 0 aromatic heterocycles. The zero-order chi connectivity index (χ0) is 15.6. The molecule has 0 saturated carbocycles. The summed E-state index contributed by atoms with van der Waals surface area (Å²) in [6, 6.07) is 9.83. The fourth-order valence-corrected chi connectivity index (χ4v) is 3.92. The van der Waals surface area contributed by atoms with Crippen LogP contribution in [0.2, 0.25) is 0 Å². The molecule has 0 heterocycles. The molecule has 2 nitrogen and oxygen atoms in total. The molecule has 0 bridgehead atoms. The van der Waals surface area contributed by atoms with E-state index in [2.05, 4.69) is 60.5 Å². The molecule has 0 amide bonds. The Balaban J connectivity index is 2.56.